The van der Waals surface area contributed by atoms with Gasteiger partial charge in [0.25, 0.3) is 0 Å². The van der Waals surface area contributed by atoms with Crippen LogP contribution >= 0.6 is 34.8 Å². The van der Waals surface area contributed by atoms with Gasteiger partial charge < -0.3 is 9.47 Å². The normalized spacial score (nSPS) is 11.1. The lowest BCUT2D eigenvalue weighted by molar-refractivity contribution is 0.297. The quantitative estimate of drug-likeness (QED) is 0.551. The summed E-state index contributed by atoms with van der Waals surface area (Å²) >= 11 is 18.2. The monoisotopic (exact) mass is 410 g/mol. The summed E-state index contributed by atoms with van der Waals surface area (Å²) in [7, 11) is 1.59. The molecule has 6 nitrogen and oxygen atoms in total. The third-order valence-corrected chi connectivity index (χ3v) is 4.17. The molecule has 0 aliphatic heterocycles. The van der Waals surface area contributed by atoms with Crippen molar-refractivity contribution in [2.45, 2.75) is 6.61 Å². The zero-order valence-electron chi connectivity index (χ0n) is 13.6. The third-order valence-electron chi connectivity index (χ3n) is 3.39. The van der Waals surface area contributed by atoms with Gasteiger partial charge >= 0.3 is 0 Å². The highest BCUT2D eigenvalue weighted by atomic mass is 35.5. The second-order valence-electron chi connectivity index (χ2n) is 5.14. The average Bonchev–Trinajstić information content (AvgIpc) is 3.12. The van der Waals surface area contributed by atoms with Gasteiger partial charge in [-0.05, 0) is 35.9 Å². The van der Waals surface area contributed by atoms with E-state index in [1.165, 1.54) is 17.3 Å². The maximum absolute atomic E-state index is 6.15. The Balaban J connectivity index is 1.81. The summed E-state index contributed by atoms with van der Waals surface area (Å²) in [6.45, 7) is 0.207. The Morgan fingerprint density at radius 2 is 1.77 bits per heavy atom. The minimum atomic E-state index is 0.207. The average molecular weight is 412 g/mol. The van der Waals surface area contributed by atoms with Crippen molar-refractivity contribution in [3.05, 3.63) is 69.2 Å². The van der Waals surface area contributed by atoms with E-state index in [2.05, 4.69) is 15.3 Å². The van der Waals surface area contributed by atoms with Crippen molar-refractivity contribution in [2.24, 2.45) is 5.10 Å². The van der Waals surface area contributed by atoms with Gasteiger partial charge in [-0.2, -0.15) is 5.10 Å². The van der Waals surface area contributed by atoms with Gasteiger partial charge in [0.05, 0.1) is 23.4 Å². The molecule has 0 bridgehead atoms. The first-order chi connectivity index (χ1) is 12.6. The van der Waals surface area contributed by atoms with Gasteiger partial charge in [-0.15, -0.1) is 10.2 Å². The zero-order valence-corrected chi connectivity index (χ0v) is 15.8. The highest BCUT2D eigenvalue weighted by Gasteiger charge is 2.11. The number of hydrogen-bond donors (Lipinski definition) is 0. The van der Waals surface area contributed by atoms with E-state index < -0.39 is 0 Å². The van der Waals surface area contributed by atoms with Crippen molar-refractivity contribution in [3.63, 3.8) is 0 Å². The van der Waals surface area contributed by atoms with Crippen LogP contribution in [-0.4, -0.2) is 28.2 Å². The summed E-state index contributed by atoms with van der Waals surface area (Å²) in [4.78, 5) is 0. The largest absolute Gasteiger partial charge is 0.496 e. The fourth-order valence-electron chi connectivity index (χ4n) is 2.20. The van der Waals surface area contributed by atoms with Crippen LogP contribution in [0, 0.1) is 0 Å². The Labute approximate surface area is 164 Å². The molecule has 0 unspecified atom stereocenters. The van der Waals surface area contributed by atoms with Crippen LogP contribution in [0.25, 0.3) is 0 Å². The second-order valence-corrected chi connectivity index (χ2v) is 6.40. The van der Waals surface area contributed by atoms with E-state index in [0.717, 1.165) is 11.1 Å². The lowest BCUT2D eigenvalue weighted by Gasteiger charge is -2.13. The Morgan fingerprint density at radius 1 is 1.08 bits per heavy atom. The van der Waals surface area contributed by atoms with E-state index in [-0.39, 0.29) is 6.61 Å². The first kappa shape index (κ1) is 18.5. The van der Waals surface area contributed by atoms with Crippen molar-refractivity contribution < 1.29 is 9.47 Å². The van der Waals surface area contributed by atoms with Crippen molar-refractivity contribution in [1.82, 2.24) is 14.9 Å². The fourth-order valence-corrected chi connectivity index (χ4v) is 3.12. The smallest absolute Gasteiger partial charge is 0.157 e. The molecule has 0 aliphatic rings. The third kappa shape index (κ3) is 4.46. The van der Waals surface area contributed by atoms with E-state index in [0.29, 0.717) is 26.6 Å². The van der Waals surface area contributed by atoms with E-state index in [9.17, 15) is 0 Å². The molecule has 1 aromatic heterocycles. The van der Waals surface area contributed by atoms with E-state index >= 15 is 0 Å². The van der Waals surface area contributed by atoms with Crippen LogP contribution in [0.3, 0.4) is 0 Å². The maximum atomic E-state index is 6.15. The van der Waals surface area contributed by atoms with Gasteiger partial charge in [0.2, 0.25) is 0 Å². The number of nitrogens with zero attached hydrogens (tertiary/aromatic N) is 4. The summed E-state index contributed by atoms with van der Waals surface area (Å²) in [5.74, 6) is 1.04. The Bertz CT molecular complexity index is 907. The van der Waals surface area contributed by atoms with Crippen LogP contribution in [0.5, 0.6) is 11.5 Å². The highest BCUT2D eigenvalue weighted by molar-refractivity contribution is 6.40. The molecular weight excluding hydrogens is 399 g/mol. The summed E-state index contributed by atoms with van der Waals surface area (Å²) in [6, 6.07) is 8.74. The Kier molecular flexibility index (Phi) is 5.98. The van der Waals surface area contributed by atoms with Crippen LogP contribution in [0.1, 0.15) is 11.1 Å². The molecule has 0 atom stereocenters. The van der Waals surface area contributed by atoms with Crippen molar-refractivity contribution >= 4 is 41.0 Å². The van der Waals surface area contributed by atoms with Gasteiger partial charge in [0.1, 0.15) is 25.0 Å². The van der Waals surface area contributed by atoms with E-state index in [4.69, 9.17) is 44.3 Å². The molecule has 0 aliphatic carbocycles. The van der Waals surface area contributed by atoms with Crippen LogP contribution in [0.2, 0.25) is 15.1 Å². The number of aromatic nitrogens is 3. The molecule has 3 rings (SSSR count). The minimum Gasteiger partial charge on any atom is -0.496 e. The number of rotatable bonds is 6. The van der Waals surface area contributed by atoms with Crippen LogP contribution < -0.4 is 9.47 Å². The molecule has 0 fully saturated rings. The molecule has 0 saturated heterocycles. The molecule has 134 valence electrons. The lowest BCUT2D eigenvalue weighted by Crippen LogP contribution is -2.01. The maximum Gasteiger partial charge on any atom is 0.157 e. The number of benzene rings is 2. The number of halogens is 3. The molecule has 3 aromatic rings. The van der Waals surface area contributed by atoms with Gasteiger partial charge in [0, 0.05) is 10.6 Å². The predicted molar refractivity (Wildman–Crippen MR) is 102 cm³/mol. The van der Waals surface area contributed by atoms with Gasteiger partial charge in [-0.3, -0.25) is 0 Å². The number of methoxy groups -OCH3 is 1. The molecule has 0 radical (unpaired) electrons. The molecule has 1 heterocycles. The molecule has 0 amide bonds. The number of ether oxygens (including phenoxy) is 2. The molecule has 2 aromatic carbocycles. The molecular formula is C17H13Cl3N4O2. The molecule has 9 heteroatoms. The molecule has 0 spiro atoms. The lowest BCUT2D eigenvalue weighted by atomic mass is 10.1. The second kappa shape index (κ2) is 8.40. The van der Waals surface area contributed by atoms with Gasteiger partial charge in [-0.1, -0.05) is 34.8 Å². The number of hydrogen-bond acceptors (Lipinski definition) is 5. The van der Waals surface area contributed by atoms with Crippen LogP contribution in [0.15, 0.2) is 48.1 Å². The SMILES string of the molecule is COc1ccc(C=Nn2cnnc2)cc1COc1c(Cl)cc(Cl)cc1Cl. The fraction of sp³-hybridized carbons (Fsp3) is 0.118. The molecule has 0 N–H and O–H groups in total. The highest BCUT2D eigenvalue weighted by Crippen LogP contribution is 2.36. The van der Waals surface area contributed by atoms with Gasteiger partial charge in [0.15, 0.2) is 5.75 Å². The van der Waals surface area contributed by atoms with E-state index in [1.54, 1.807) is 25.5 Å². The van der Waals surface area contributed by atoms with Crippen molar-refractivity contribution in [1.29, 1.82) is 0 Å². The summed E-state index contributed by atoms with van der Waals surface area (Å²) in [5.41, 5.74) is 1.66. The topological polar surface area (TPSA) is 61.5 Å². The van der Waals surface area contributed by atoms with E-state index in [1.807, 2.05) is 18.2 Å². The van der Waals surface area contributed by atoms with Gasteiger partial charge in [-0.25, -0.2) is 4.68 Å². The van der Waals surface area contributed by atoms with Crippen molar-refractivity contribution in [2.75, 3.05) is 7.11 Å². The van der Waals surface area contributed by atoms with Crippen LogP contribution in [-0.2, 0) is 6.61 Å². The minimum absolute atomic E-state index is 0.207. The summed E-state index contributed by atoms with van der Waals surface area (Å²) in [6.07, 6.45) is 4.66. The summed E-state index contributed by atoms with van der Waals surface area (Å²) in [5, 5.41) is 12.7. The molecule has 26 heavy (non-hydrogen) atoms. The predicted octanol–water partition coefficient (Wildman–Crippen LogP) is 4.71. The van der Waals surface area contributed by atoms with Crippen LogP contribution in [0.4, 0.5) is 0 Å². The Hall–Kier alpha value is -2.28. The standard InChI is InChI=1S/C17H13Cl3N4O2/c1-25-16-3-2-11(7-23-24-9-21-22-10-24)4-12(16)8-26-17-14(19)5-13(18)6-15(17)20/h2-7,9-10H,8H2,1H3. The first-order valence-corrected chi connectivity index (χ1v) is 8.53. The summed E-state index contributed by atoms with van der Waals surface area (Å²) < 4.78 is 12.7. The first-order valence-electron chi connectivity index (χ1n) is 7.40. The van der Waals surface area contributed by atoms with Crippen molar-refractivity contribution in [3.8, 4) is 11.5 Å². The molecule has 0 saturated carbocycles. The zero-order chi connectivity index (χ0) is 18.5. The Morgan fingerprint density at radius 3 is 2.42 bits per heavy atom.